The van der Waals surface area contributed by atoms with Crippen molar-refractivity contribution in [2.75, 3.05) is 7.11 Å². The molecule has 0 radical (unpaired) electrons. The lowest BCUT2D eigenvalue weighted by molar-refractivity contribution is 0.243. The van der Waals surface area contributed by atoms with Crippen molar-refractivity contribution in [1.82, 2.24) is 0 Å². The highest BCUT2D eigenvalue weighted by Crippen LogP contribution is 2.53. The van der Waals surface area contributed by atoms with Gasteiger partial charge in [-0.1, -0.05) is 11.6 Å². The highest BCUT2D eigenvalue weighted by molar-refractivity contribution is 6.32. The average Bonchev–Trinajstić information content (AvgIpc) is 2.30. The molecule has 96 valence electrons. The minimum Gasteiger partial charge on any atom is -0.504 e. The number of phenols is 1. The molecule has 1 aliphatic rings. The largest absolute Gasteiger partial charge is 0.504 e. The van der Waals surface area contributed by atoms with Crippen LogP contribution in [0.3, 0.4) is 0 Å². The van der Waals surface area contributed by atoms with E-state index in [0.717, 1.165) is 12.5 Å². The van der Waals surface area contributed by atoms with Crippen LogP contribution in [0, 0.1) is 5.82 Å². The maximum atomic E-state index is 13.7. The van der Waals surface area contributed by atoms with Crippen molar-refractivity contribution in [1.29, 1.82) is 0 Å². The molecule has 0 spiro atoms. The Bertz CT molecular complexity index is 537. The summed E-state index contributed by atoms with van der Waals surface area (Å²) in [6, 6.07) is 0.998. The van der Waals surface area contributed by atoms with Crippen molar-refractivity contribution in [3.63, 3.8) is 0 Å². The van der Waals surface area contributed by atoms with Gasteiger partial charge in [0.1, 0.15) is 11.4 Å². The molecule has 0 amide bonds. The van der Waals surface area contributed by atoms with Gasteiger partial charge < -0.3 is 9.84 Å². The lowest BCUT2D eigenvalue weighted by Crippen LogP contribution is -2.32. The van der Waals surface area contributed by atoms with Crippen molar-refractivity contribution in [3.05, 3.63) is 22.5 Å². The second-order valence-electron chi connectivity index (χ2n) is 4.19. The third kappa shape index (κ3) is 1.76. The Morgan fingerprint density at radius 3 is 2.72 bits per heavy atom. The lowest BCUT2D eigenvalue weighted by atomic mass is 9.72. The van der Waals surface area contributed by atoms with Gasteiger partial charge in [-0.25, -0.2) is 9.18 Å². The summed E-state index contributed by atoms with van der Waals surface area (Å²) < 4.78 is 18.5. The van der Waals surface area contributed by atoms with Gasteiger partial charge in [-0.15, -0.1) is 0 Å². The molecular weight excluding hydrogens is 261 g/mol. The summed E-state index contributed by atoms with van der Waals surface area (Å²) in [6.45, 7) is 0. The highest BCUT2D eigenvalue weighted by atomic mass is 35.5. The molecule has 4 nitrogen and oxygen atoms in total. The SMILES string of the molecule is COc1cc(F)c(Cl)c(C2(N=C=O)CCC2)c1O. The lowest BCUT2D eigenvalue weighted by Gasteiger charge is -2.38. The van der Waals surface area contributed by atoms with E-state index < -0.39 is 11.4 Å². The van der Waals surface area contributed by atoms with E-state index in [-0.39, 0.29) is 22.1 Å². The van der Waals surface area contributed by atoms with Crippen LogP contribution in [0.2, 0.25) is 5.02 Å². The smallest absolute Gasteiger partial charge is 0.235 e. The quantitative estimate of drug-likeness (QED) is 0.679. The first kappa shape index (κ1) is 12.9. The Morgan fingerprint density at radius 2 is 2.28 bits per heavy atom. The van der Waals surface area contributed by atoms with Gasteiger partial charge in [0, 0.05) is 11.6 Å². The van der Waals surface area contributed by atoms with Gasteiger partial charge in [0.15, 0.2) is 11.5 Å². The molecule has 1 saturated carbocycles. The third-order valence-electron chi connectivity index (χ3n) is 3.28. The van der Waals surface area contributed by atoms with Crippen molar-refractivity contribution in [2.45, 2.75) is 24.8 Å². The zero-order valence-corrected chi connectivity index (χ0v) is 10.4. The summed E-state index contributed by atoms with van der Waals surface area (Å²) >= 11 is 5.88. The number of rotatable bonds is 3. The highest BCUT2D eigenvalue weighted by Gasteiger charge is 2.44. The molecule has 18 heavy (non-hydrogen) atoms. The Labute approximate surface area is 108 Å². The van der Waals surface area contributed by atoms with Gasteiger partial charge >= 0.3 is 0 Å². The molecule has 0 atom stereocenters. The van der Waals surface area contributed by atoms with Crippen LogP contribution < -0.4 is 4.74 Å². The zero-order valence-electron chi connectivity index (χ0n) is 9.67. The molecule has 2 rings (SSSR count). The van der Waals surface area contributed by atoms with Crippen LogP contribution in [0.25, 0.3) is 0 Å². The topological polar surface area (TPSA) is 58.9 Å². The monoisotopic (exact) mass is 271 g/mol. The van der Waals surface area contributed by atoms with Gasteiger partial charge in [-0.2, -0.15) is 4.99 Å². The van der Waals surface area contributed by atoms with E-state index in [9.17, 15) is 14.3 Å². The standard InChI is InChI=1S/C12H11ClFNO3/c1-18-8-5-7(14)10(13)9(11(8)17)12(15-6-16)3-2-4-12/h5,17H,2-4H2,1H3. The number of methoxy groups -OCH3 is 1. The summed E-state index contributed by atoms with van der Waals surface area (Å²) in [7, 11) is 1.31. The molecule has 6 heteroatoms. The first-order chi connectivity index (χ1) is 8.55. The van der Waals surface area contributed by atoms with E-state index in [2.05, 4.69) is 4.99 Å². The number of hydrogen-bond acceptors (Lipinski definition) is 4. The first-order valence-corrected chi connectivity index (χ1v) is 5.78. The molecule has 0 unspecified atom stereocenters. The van der Waals surface area contributed by atoms with Crippen LogP contribution >= 0.6 is 11.6 Å². The molecule has 0 aromatic heterocycles. The maximum absolute atomic E-state index is 13.7. The Hall–Kier alpha value is -1.58. The van der Waals surface area contributed by atoms with Gasteiger partial charge in [-0.05, 0) is 19.3 Å². The number of aliphatic imine (C=N–C) groups is 1. The van der Waals surface area contributed by atoms with Gasteiger partial charge in [0.25, 0.3) is 0 Å². The van der Waals surface area contributed by atoms with Gasteiger partial charge in [0.05, 0.1) is 12.1 Å². The van der Waals surface area contributed by atoms with E-state index in [4.69, 9.17) is 16.3 Å². The number of halogens is 2. The van der Waals surface area contributed by atoms with Gasteiger partial charge in [0.2, 0.25) is 6.08 Å². The second kappa shape index (κ2) is 4.59. The van der Waals surface area contributed by atoms with Crippen LogP contribution in [-0.2, 0) is 10.3 Å². The summed E-state index contributed by atoms with van der Waals surface area (Å²) in [4.78, 5) is 14.2. The van der Waals surface area contributed by atoms with Crippen molar-refractivity contribution >= 4 is 17.7 Å². The summed E-state index contributed by atoms with van der Waals surface area (Å²) in [5.74, 6) is -1.02. The van der Waals surface area contributed by atoms with E-state index in [1.54, 1.807) is 0 Å². The van der Waals surface area contributed by atoms with Crippen LogP contribution in [0.5, 0.6) is 11.5 Å². The molecule has 1 N–H and O–H groups in total. The van der Waals surface area contributed by atoms with Crippen LogP contribution in [0.1, 0.15) is 24.8 Å². The molecule has 1 fully saturated rings. The van der Waals surface area contributed by atoms with E-state index in [1.807, 2.05) is 0 Å². The van der Waals surface area contributed by atoms with E-state index in [0.29, 0.717) is 12.8 Å². The number of carbonyl (C=O) groups excluding carboxylic acids is 1. The zero-order chi connectivity index (χ0) is 13.3. The third-order valence-corrected chi connectivity index (χ3v) is 3.65. The second-order valence-corrected chi connectivity index (χ2v) is 4.56. The molecule has 1 aromatic carbocycles. The molecule has 0 saturated heterocycles. The number of phenolic OH excluding ortho intramolecular Hbond substituents is 1. The molecule has 0 bridgehead atoms. The van der Waals surface area contributed by atoms with Crippen LogP contribution in [-0.4, -0.2) is 18.3 Å². The number of isocyanates is 1. The fourth-order valence-corrected chi connectivity index (χ4v) is 2.51. The molecule has 1 aromatic rings. The minimum atomic E-state index is -0.974. The Balaban J connectivity index is 2.69. The molecule has 1 aliphatic carbocycles. The van der Waals surface area contributed by atoms with Crippen LogP contribution in [0.15, 0.2) is 11.1 Å². The summed E-state index contributed by atoms with van der Waals surface area (Å²) in [6.07, 6.45) is 3.31. The molecule has 0 aliphatic heterocycles. The number of aromatic hydroxyl groups is 1. The van der Waals surface area contributed by atoms with Crippen LogP contribution in [0.4, 0.5) is 4.39 Å². The van der Waals surface area contributed by atoms with Crippen molar-refractivity contribution < 1.29 is 19.0 Å². The number of ether oxygens (including phenoxy) is 1. The van der Waals surface area contributed by atoms with E-state index >= 15 is 0 Å². The summed E-state index contributed by atoms with van der Waals surface area (Å²) in [5.41, 5.74) is -0.867. The molecular formula is C12H11ClFNO3. The Morgan fingerprint density at radius 1 is 1.61 bits per heavy atom. The fourth-order valence-electron chi connectivity index (χ4n) is 2.19. The average molecular weight is 272 g/mol. The Kier molecular flexibility index (Phi) is 3.28. The van der Waals surface area contributed by atoms with E-state index in [1.165, 1.54) is 13.2 Å². The number of nitrogens with zero attached hydrogens (tertiary/aromatic N) is 1. The minimum absolute atomic E-state index is 0.0285. The van der Waals surface area contributed by atoms with Gasteiger partial charge in [-0.3, -0.25) is 0 Å². The normalized spacial score (nSPS) is 16.6. The fraction of sp³-hybridized carbons (Fsp3) is 0.417. The van der Waals surface area contributed by atoms with Crippen molar-refractivity contribution in [2.24, 2.45) is 4.99 Å². The number of benzene rings is 1. The number of hydrogen-bond donors (Lipinski definition) is 1. The van der Waals surface area contributed by atoms with Crippen molar-refractivity contribution in [3.8, 4) is 11.5 Å². The first-order valence-electron chi connectivity index (χ1n) is 5.40. The maximum Gasteiger partial charge on any atom is 0.235 e. The summed E-state index contributed by atoms with van der Waals surface area (Å²) in [5, 5.41) is 9.83. The predicted octanol–water partition coefficient (Wildman–Crippen LogP) is 2.91. The predicted molar refractivity (Wildman–Crippen MR) is 63.3 cm³/mol. The molecule has 0 heterocycles.